The van der Waals surface area contributed by atoms with Crippen LogP contribution in [0.25, 0.3) is 0 Å². The van der Waals surface area contributed by atoms with Crippen LogP contribution in [-0.2, 0) is 14.3 Å². The molecule has 0 spiro atoms. The van der Waals surface area contributed by atoms with E-state index in [2.05, 4.69) is 10.1 Å². The highest BCUT2D eigenvalue weighted by atomic mass is 35.5. The summed E-state index contributed by atoms with van der Waals surface area (Å²) in [5.41, 5.74) is -0.0864. The highest BCUT2D eigenvalue weighted by molar-refractivity contribution is 6.31. The van der Waals surface area contributed by atoms with E-state index in [1.165, 1.54) is 7.11 Å². The van der Waals surface area contributed by atoms with Gasteiger partial charge in [0.25, 0.3) is 0 Å². The van der Waals surface area contributed by atoms with Crippen molar-refractivity contribution in [1.29, 1.82) is 0 Å². The number of halogens is 1. The van der Waals surface area contributed by atoms with Gasteiger partial charge >= 0.3 is 5.97 Å². The third-order valence-corrected chi connectivity index (χ3v) is 3.52. The van der Waals surface area contributed by atoms with Gasteiger partial charge in [-0.1, -0.05) is 11.6 Å². The molecule has 0 aliphatic heterocycles. The molecule has 0 heterocycles. The molecule has 1 aromatic rings. The van der Waals surface area contributed by atoms with Crippen LogP contribution >= 0.6 is 11.6 Å². The first kappa shape index (κ1) is 18.3. The average molecular weight is 328 g/mol. The molecule has 6 heteroatoms. The third kappa shape index (κ3) is 5.56. The van der Waals surface area contributed by atoms with Crippen molar-refractivity contribution < 1.29 is 19.1 Å². The van der Waals surface area contributed by atoms with Crippen molar-refractivity contribution in [2.75, 3.05) is 13.7 Å². The van der Waals surface area contributed by atoms with Crippen molar-refractivity contribution in [3.05, 3.63) is 28.8 Å². The maximum Gasteiger partial charge on any atom is 0.330 e. The molecule has 122 valence electrons. The number of hydrogen-bond acceptors (Lipinski definition) is 4. The third-order valence-electron chi connectivity index (χ3n) is 3.09. The lowest BCUT2D eigenvalue weighted by Gasteiger charge is -2.23. The lowest BCUT2D eigenvalue weighted by Crippen LogP contribution is -2.50. The van der Waals surface area contributed by atoms with Crippen molar-refractivity contribution in [2.24, 2.45) is 0 Å². The molecule has 0 aliphatic rings. The minimum absolute atomic E-state index is 0.216. The Morgan fingerprint density at radius 3 is 2.59 bits per heavy atom. The van der Waals surface area contributed by atoms with Crippen LogP contribution in [0.1, 0.15) is 32.3 Å². The summed E-state index contributed by atoms with van der Waals surface area (Å²) in [5.74, 6) is 0.0252. The normalized spacial score (nSPS) is 11.0. The summed E-state index contributed by atoms with van der Waals surface area (Å²) in [4.78, 5) is 23.3. The topological polar surface area (TPSA) is 64.6 Å². The molecule has 0 atom stereocenters. The predicted molar refractivity (Wildman–Crippen MR) is 85.2 cm³/mol. The van der Waals surface area contributed by atoms with Crippen LogP contribution in [0.4, 0.5) is 0 Å². The van der Waals surface area contributed by atoms with Gasteiger partial charge in [-0.15, -0.1) is 0 Å². The maximum absolute atomic E-state index is 11.8. The summed E-state index contributed by atoms with van der Waals surface area (Å²) in [6.07, 6.45) is 0.817. The molecule has 0 fully saturated rings. The first-order chi connectivity index (χ1) is 10.3. The molecule has 0 saturated carbocycles. The number of ether oxygens (including phenoxy) is 2. The number of hydrogen-bond donors (Lipinski definition) is 1. The van der Waals surface area contributed by atoms with Gasteiger partial charge in [0, 0.05) is 11.4 Å². The molecule has 22 heavy (non-hydrogen) atoms. The van der Waals surface area contributed by atoms with E-state index in [-0.39, 0.29) is 12.3 Å². The Morgan fingerprint density at radius 1 is 1.32 bits per heavy atom. The van der Waals surface area contributed by atoms with Crippen LogP contribution in [0, 0.1) is 6.92 Å². The van der Waals surface area contributed by atoms with Crippen molar-refractivity contribution in [3.63, 3.8) is 0 Å². The number of rotatable bonds is 7. The minimum atomic E-state index is -1.03. The van der Waals surface area contributed by atoms with E-state index in [1.807, 2.05) is 13.0 Å². The number of amides is 1. The lowest BCUT2D eigenvalue weighted by atomic mass is 10.1. The van der Waals surface area contributed by atoms with Crippen LogP contribution in [0.3, 0.4) is 0 Å². The summed E-state index contributed by atoms with van der Waals surface area (Å²) in [7, 11) is 1.29. The molecule has 0 saturated heterocycles. The fraction of sp³-hybridized carbons (Fsp3) is 0.500. The first-order valence-corrected chi connectivity index (χ1v) is 7.42. The monoisotopic (exact) mass is 327 g/mol. The van der Waals surface area contributed by atoms with E-state index in [4.69, 9.17) is 16.3 Å². The Kier molecular flexibility index (Phi) is 6.68. The molecule has 1 rings (SSSR count). The molecular formula is C16H22ClNO4. The van der Waals surface area contributed by atoms with Gasteiger partial charge in [0.05, 0.1) is 13.7 Å². The van der Waals surface area contributed by atoms with Crippen LogP contribution in [0.15, 0.2) is 18.2 Å². The highest BCUT2D eigenvalue weighted by Crippen LogP contribution is 2.21. The number of aryl methyl sites for hydroxylation is 1. The second kappa shape index (κ2) is 8.03. The van der Waals surface area contributed by atoms with E-state index in [1.54, 1.807) is 26.0 Å². The zero-order valence-electron chi connectivity index (χ0n) is 13.4. The SMILES string of the molecule is COC(=O)C(C)(C)NC(=O)CCCOc1ccc(Cl)c(C)c1. The van der Waals surface area contributed by atoms with Crippen LogP contribution in [-0.4, -0.2) is 31.1 Å². The van der Waals surface area contributed by atoms with Crippen LogP contribution in [0.2, 0.25) is 5.02 Å². The Balaban J connectivity index is 2.33. The van der Waals surface area contributed by atoms with Crippen molar-refractivity contribution in [3.8, 4) is 5.75 Å². The van der Waals surface area contributed by atoms with E-state index in [9.17, 15) is 9.59 Å². The molecule has 1 aromatic carbocycles. The Bertz CT molecular complexity index is 543. The summed E-state index contributed by atoms with van der Waals surface area (Å²) in [6, 6.07) is 5.41. The van der Waals surface area contributed by atoms with Crippen LogP contribution < -0.4 is 10.1 Å². The average Bonchev–Trinajstić information content (AvgIpc) is 2.45. The van der Waals surface area contributed by atoms with E-state index in [0.29, 0.717) is 18.1 Å². The predicted octanol–water partition coefficient (Wildman–Crippen LogP) is 2.88. The highest BCUT2D eigenvalue weighted by Gasteiger charge is 2.30. The zero-order chi connectivity index (χ0) is 16.8. The Labute approximate surface area is 135 Å². The number of carbonyl (C=O) groups excluding carboxylic acids is 2. The fourth-order valence-electron chi connectivity index (χ4n) is 1.85. The molecule has 1 N–H and O–H groups in total. The summed E-state index contributed by atoms with van der Waals surface area (Å²) < 4.78 is 10.2. The van der Waals surface area contributed by atoms with Crippen molar-refractivity contribution in [1.82, 2.24) is 5.32 Å². The number of methoxy groups -OCH3 is 1. The second-order valence-electron chi connectivity index (χ2n) is 5.53. The van der Waals surface area contributed by atoms with Crippen molar-refractivity contribution in [2.45, 2.75) is 39.2 Å². The molecular weight excluding hydrogens is 306 g/mol. The van der Waals surface area contributed by atoms with Gasteiger partial charge in [0.1, 0.15) is 11.3 Å². The van der Waals surface area contributed by atoms with Crippen molar-refractivity contribution >= 4 is 23.5 Å². The van der Waals surface area contributed by atoms with E-state index >= 15 is 0 Å². The Morgan fingerprint density at radius 2 is 2.00 bits per heavy atom. The molecule has 0 aliphatic carbocycles. The van der Waals surface area contributed by atoms with Gasteiger partial charge < -0.3 is 14.8 Å². The number of benzene rings is 1. The smallest absolute Gasteiger partial charge is 0.330 e. The molecule has 5 nitrogen and oxygen atoms in total. The van der Waals surface area contributed by atoms with Gasteiger partial charge in [-0.3, -0.25) is 4.79 Å². The lowest BCUT2D eigenvalue weighted by molar-refractivity contribution is -0.149. The van der Waals surface area contributed by atoms with Gasteiger partial charge in [-0.05, 0) is 51.0 Å². The molecule has 0 bridgehead atoms. The van der Waals surface area contributed by atoms with Crippen LogP contribution in [0.5, 0.6) is 5.75 Å². The van der Waals surface area contributed by atoms with Gasteiger partial charge in [-0.25, -0.2) is 4.79 Å². The molecule has 0 aromatic heterocycles. The van der Waals surface area contributed by atoms with Gasteiger partial charge in [-0.2, -0.15) is 0 Å². The summed E-state index contributed by atoms with van der Waals surface area (Å²) in [5, 5.41) is 3.33. The second-order valence-corrected chi connectivity index (χ2v) is 5.93. The summed E-state index contributed by atoms with van der Waals surface area (Å²) in [6.45, 7) is 5.51. The molecule has 0 unspecified atom stereocenters. The zero-order valence-corrected chi connectivity index (χ0v) is 14.1. The first-order valence-electron chi connectivity index (χ1n) is 7.04. The van der Waals surface area contributed by atoms with Gasteiger partial charge in [0.2, 0.25) is 5.91 Å². The summed E-state index contributed by atoms with van der Waals surface area (Å²) >= 11 is 5.94. The number of esters is 1. The molecule has 0 radical (unpaired) electrons. The standard InChI is InChI=1S/C16H22ClNO4/c1-11-10-12(7-8-13(11)17)22-9-5-6-14(19)18-16(2,3)15(20)21-4/h7-8,10H,5-6,9H2,1-4H3,(H,18,19). The maximum atomic E-state index is 11.8. The van der Waals surface area contributed by atoms with E-state index < -0.39 is 11.5 Å². The largest absolute Gasteiger partial charge is 0.494 e. The Hall–Kier alpha value is -1.75. The number of carbonyl (C=O) groups is 2. The fourth-order valence-corrected chi connectivity index (χ4v) is 1.96. The minimum Gasteiger partial charge on any atom is -0.494 e. The molecule has 1 amide bonds. The number of nitrogens with one attached hydrogen (secondary N) is 1. The van der Waals surface area contributed by atoms with Gasteiger partial charge in [0.15, 0.2) is 0 Å². The van der Waals surface area contributed by atoms with E-state index in [0.717, 1.165) is 11.3 Å². The quantitative estimate of drug-likeness (QED) is 0.618.